The summed E-state index contributed by atoms with van der Waals surface area (Å²) in [7, 11) is 0. The molecule has 242 valence electrons. The Morgan fingerprint density at radius 2 is 1.44 bits per heavy atom. The summed E-state index contributed by atoms with van der Waals surface area (Å²) < 4.78 is 6.04. The Kier molecular flexibility index (Phi) is 13.4. The van der Waals surface area contributed by atoms with E-state index in [9.17, 15) is 14.4 Å². The summed E-state index contributed by atoms with van der Waals surface area (Å²) in [5.74, 6) is -3.30. The molecular weight excluding hydrogens is 598 g/mol. The SMILES string of the molecule is CCN(CC)CCOc1ccc(C2c3ccccc3CCCC2c2ccc(Cl)cc2)cc1.O=C(O)CC(O)(CC(=O)O)C(=O)O. The normalized spacial score (nSPS) is 16.1. The van der Waals surface area contributed by atoms with Crippen LogP contribution in [0.15, 0.2) is 72.8 Å². The first-order chi connectivity index (χ1) is 21.5. The van der Waals surface area contributed by atoms with E-state index in [1.54, 1.807) is 0 Å². The maximum absolute atomic E-state index is 10.3. The number of carbonyl (C=O) groups is 3. The minimum absolute atomic E-state index is 0.333. The third-order valence-corrected chi connectivity index (χ3v) is 8.40. The van der Waals surface area contributed by atoms with E-state index in [4.69, 9.17) is 36.8 Å². The fourth-order valence-corrected chi connectivity index (χ4v) is 5.89. The van der Waals surface area contributed by atoms with Gasteiger partial charge in [0.1, 0.15) is 12.4 Å². The Bertz CT molecular complexity index is 1390. The van der Waals surface area contributed by atoms with Crippen LogP contribution in [-0.2, 0) is 20.8 Å². The summed E-state index contributed by atoms with van der Waals surface area (Å²) in [5.41, 5.74) is 2.93. The second kappa shape index (κ2) is 17.0. The van der Waals surface area contributed by atoms with Crippen LogP contribution in [0.3, 0.4) is 0 Å². The standard InChI is InChI=1S/C29H34ClNO.C6H8O7/c1-3-31(4-2)20-21-32-26-18-14-24(15-19-26)29-27-10-6-5-8-22(27)9-7-11-28(29)23-12-16-25(30)17-13-23;7-3(8)1-6(13,5(11)12)2-4(9)10/h5-6,8,10,12-19,28-29H,3-4,7,9,11,20-21H2,1-2H3;13H,1-2H2,(H,7,8)(H,9,10)(H,11,12). The Hall–Kier alpha value is -3.92. The number of aryl methyl sites for hydroxylation is 1. The van der Waals surface area contributed by atoms with Crippen LogP contribution in [0, 0.1) is 0 Å². The zero-order valence-corrected chi connectivity index (χ0v) is 26.4. The zero-order chi connectivity index (χ0) is 33.0. The third kappa shape index (κ3) is 10.3. The monoisotopic (exact) mass is 639 g/mol. The Labute approximate surface area is 269 Å². The zero-order valence-electron chi connectivity index (χ0n) is 25.7. The van der Waals surface area contributed by atoms with Crippen molar-refractivity contribution in [2.24, 2.45) is 0 Å². The molecule has 2 unspecified atom stereocenters. The van der Waals surface area contributed by atoms with E-state index in [1.807, 2.05) is 12.1 Å². The summed E-state index contributed by atoms with van der Waals surface area (Å²) in [6.45, 7) is 8.20. The number of ether oxygens (including phenoxy) is 1. The molecule has 45 heavy (non-hydrogen) atoms. The summed E-state index contributed by atoms with van der Waals surface area (Å²) in [4.78, 5) is 32.9. The lowest BCUT2D eigenvalue weighted by Gasteiger charge is -2.28. The number of nitrogens with zero attached hydrogens (tertiary/aromatic N) is 1. The molecule has 0 saturated heterocycles. The van der Waals surface area contributed by atoms with Gasteiger partial charge < -0.3 is 30.1 Å². The van der Waals surface area contributed by atoms with Crippen molar-refractivity contribution in [1.29, 1.82) is 0 Å². The van der Waals surface area contributed by atoms with Crippen LogP contribution in [0.4, 0.5) is 0 Å². The summed E-state index contributed by atoms with van der Waals surface area (Å²) in [6, 6.07) is 26.3. The first kappa shape index (κ1) is 35.6. The predicted octanol–water partition coefficient (Wildman–Crippen LogP) is 6.06. The Morgan fingerprint density at radius 3 is 2.00 bits per heavy atom. The van der Waals surface area contributed by atoms with E-state index in [-0.39, 0.29) is 0 Å². The summed E-state index contributed by atoms with van der Waals surface area (Å²) in [6.07, 6.45) is 1.23. The molecule has 0 aromatic heterocycles. The van der Waals surface area contributed by atoms with Crippen molar-refractivity contribution < 1.29 is 39.5 Å². The molecule has 0 spiro atoms. The van der Waals surface area contributed by atoms with Crippen LogP contribution in [0.2, 0.25) is 5.02 Å². The lowest BCUT2D eigenvalue weighted by atomic mass is 9.76. The van der Waals surface area contributed by atoms with Gasteiger partial charge in [0.15, 0.2) is 5.60 Å². The molecule has 9 nitrogen and oxygen atoms in total. The van der Waals surface area contributed by atoms with Gasteiger partial charge in [0.25, 0.3) is 0 Å². The van der Waals surface area contributed by atoms with E-state index in [1.165, 1.54) is 35.1 Å². The molecular formula is C35H42ClNO8. The predicted molar refractivity (Wildman–Crippen MR) is 172 cm³/mol. The first-order valence-corrected chi connectivity index (χ1v) is 15.5. The highest BCUT2D eigenvalue weighted by atomic mass is 35.5. The second-order valence-corrected chi connectivity index (χ2v) is 11.6. The molecule has 3 aromatic rings. The van der Waals surface area contributed by atoms with E-state index in [2.05, 4.69) is 79.4 Å². The first-order valence-electron chi connectivity index (χ1n) is 15.1. The van der Waals surface area contributed by atoms with Gasteiger partial charge in [-0.2, -0.15) is 0 Å². The van der Waals surface area contributed by atoms with Crippen molar-refractivity contribution >= 4 is 29.5 Å². The van der Waals surface area contributed by atoms with E-state index in [0.29, 0.717) is 11.8 Å². The van der Waals surface area contributed by atoms with Crippen molar-refractivity contribution in [3.63, 3.8) is 0 Å². The van der Waals surface area contributed by atoms with Gasteiger partial charge in [-0.3, -0.25) is 9.59 Å². The van der Waals surface area contributed by atoms with Gasteiger partial charge in [0.05, 0.1) is 12.8 Å². The van der Waals surface area contributed by atoms with Crippen LogP contribution < -0.4 is 4.74 Å². The number of carboxylic acids is 3. The fourth-order valence-electron chi connectivity index (χ4n) is 5.76. The highest BCUT2D eigenvalue weighted by molar-refractivity contribution is 6.30. The Morgan fingerprint density at radius 1 is 0.867 bits per heavy atom. The summed E-state index contributed by atoms with van der Waals surface area (Å²) in [5, 5.41) is 34.6. The highest BCUT2D eigenvalue weighted by Crippen LogP contribution is 2.45. The molecule has 0 radical (unpaired) electrons. The van der Waals surface area contributed by atoms with Crippen LogP contribution in [0.1, 0.15) is 73.6 Å². The van der Waals surface area contributed by atoms with Crippen LogP contribution in [-0.4, -0.2) is 75.1 Å². The third-order valence-electron chi connectivity index (χ3n) is 8.15. The molecule has 1 aliphatic rings. The van der Waals surface area contributed by atoms with Crippen molar-refractivity contribution in [1.82, 2.24) is 4.90 Å². The van der Waals surface area contributed by atoms with Gasteiger partial charge in [-0.1, -0.05) is 74.0 Å². The minimum Gasteiger partial charge on any atom is -0.492 e. The van der Waals surface area contributed by atoms with Crippen molar-refractivity contribution in [2.45, 2.75) is 63.4 Å². The van der Waals surface area contributed by atoms with Gasteiger partial charge in [-0.15, -0.1) is 0 Å². The number of fused-ring (bicyclic) bond motifs is 1. The van der Waals surface area contributed by atoms with E-state index >= 15 is 0 Å². The lowest BCUT2D eigenvalue weighted by Crippen LogP contribution is -2.42. The number of halogens is 1. The Balaban J connectivity index is 0.000000360. The molecule has 0 aliphatic heterocycles. The number of aliphatic carboxylic acids is 3. The van der Waals surface area contributed by atoms with E-state index < -0.39 is 36.4 Å². The lowest BCUT2D eigenvalue weighted by molar-refractivity contribution is -0.170. The number of aliphatic hydroxyl groups is 1. The molecule has 4 rings (SSSR count). The van der Waals surface area contributed by atoms with Crippen molar-refractivity contribution in [3.8, 4) is 5.75 Å². The summed E-state index contributed by atoms with van der Waals surface area (Å²) >= 11 is 6.20. The second-order valence-electron chi connectivity index (χ2n) is 11.1. The maximum Gasteiger partial charge on any atom is 0.336 e. The largest absolute Gasteiger partial charge is 0.492 e. The molecule has 0 saturated carbocycles. The van der Waals surface area contributed by atoms with Crippen LogP contribution in [0.5, 0.6) is 5.75 Å². The van der Waals surface area contributed by atoms with Crippen LogP contribution in [0.25, 0.3) is 0 Å². The van der Waals surface area contributed by atoms with Gasteiger partial charge in [-0.25, -0.2) is 4.79 Å². The topological polar surface area (TPSA) is 145 Å². The van der Waals surface area contributed by atoms with Gasteiger partial charge in [0, 0.05) is 17.5 Å². The average molecular weight is 640 g/mol. The molecule has 2 atom stereocenters. The number of likely N-dealkylation sites (N-methyl/N-ethyl adjacent to an activating group) is 1. The maximum atomic E-state index is 10.3. The number of hydrogen-bond donors (Lipinski definition) is 4. The number of hydrogen-bond acceptors (Lipinski definition) is 6. The van der Waals surface area contributed by atoms with Crippen molar-refractivity contribution in [3.05, 3.63) is 100 Å². The van der Waals surface area contributed by atoms with Gasteiger partial charge in [-0.05, 0) is 84.8 Å². The molecule has 0 amide bonds. The highest BCUT2D eigenvalue weighted by Gasteiger charge is 2.40. The molecule has 3 aromatic carbocycles. The molecule has 4 N–H and O–H groups in total. The molecule has 10 heteroatoms. The van der Waals surface area contributed by atoms with Crippen LogP contribution >= 0.6 is 11.6 Å². The smallest absolute Gasteiger partial charge is 0.336 e. The number of benzene rings is 3. The van der Waals surface area contributed by atoms with Crippen molar-refractivity contribution in [2.75, 3.05) is 26.2 Å². The van der Waals surface area contributed by atoms with Gasteiger partial charge in [0.2, 0.25) is 0 Å². The minimum atomic E-state index is -2.74. The van der Waals surface area contributed by atoms with E-state index in [0.717, 1.165) is 43.4 Å². The fraction of sp³-hybridized carbons (Fsp3) is 0.400. The number of rotatable bonds is 13. The average Bonchev–Trinajstić information content (AvgIpc) is 3.19. The quantitative estimate of drug-likeness (QED) is 0.164. The molecule has 1 aliphatic carbocycles. The number of carboxylic acid groups (broad SMARTS) is 3. The molecule has 0 bridgehead atoms. The molecule has 0 heterocycles. The van der Waals surface area contributed by atoms with Gasteiger partial charge >= 0.3 is 17.9 Å². The molecule has 0 fully saturated rings.